The zero-order valence-electron chi connectivity index (χ0n) is 19.2. The van der Waals surface area contributed by atoms with Crippen LogP contribution in [0.25, 0.3) is 10.8 Å². The van der Waals surface area contributed by atoms with Gasteiger partial charge in [0.05, 0.1) is 24.4 Å². The number of anilines is 2. The van der Waals surface area contributed by atoms with Crippen LogP contribution < -0.4 is 14.5 Å². The van der Waals surface area contributed by atoms with Crippen LogP contribution in [0.4, 0.5) is 11.5 Å². The number of hydrogen-bond acceptors (Lipinski definition) is 7. The van der Waals surface area contributed by atoms with Crippen molar-refractivity contribution in [1.82, 2.24) is 14.9 Å². The van der Waals surface area contributed by atoms with Crippen molar-refractivity contribution in [3.05, 3.63) is 52.7 Å². The Hall–Kier alpha value is -3.24. The number of ether oxygens (including phenoxy) is 1. The summed E-state index contributed by atoms with van der Waals surface area (Å²) in [7, 11) is 3.67. The third kappa shape index (κ3) is 3.89. The number of nitrogens with zero attached hydrogens (tertiary/aromatic N) is 6. The molecule has 2 aliphatic heterocycles. The number of benzene rings is 2. The van der Waals surface area contributed by atoms with Gasteiger partial charge in [0.25, 0.3) is 0 Å². The fourth-order valence-electron chi connectivity index (χ4n) is 5.23. The first-order valence-corrected chi connectivity index (χ1v) is 11.5. The molecule has 0 N–H and O–H groups in total. The number of methoxy groups -OCH3 is 1. The molecule has 2 aromatic carbocycles. The van der Waals surface area contributed by atoms with Crippen molar-refractivity contribution in [1.29, 1.82) is 5.26 Å². The van der Waals surface area contributed by atoms with Gasteiger partial charge in [-0.3, -0.25) is 0 Å². The highest BCUT2D eigenvalue weighted by molar-refractivity contribution is 6.36. The monoisotopic (exact) mass is 462 g/mol. The molecular weight excluding hydrogens is 436 g/mol. The summed E-state index contributed by atoms with van der Waals surface area (Å²) in [5.41, 5.74) is 3.34. The van der Waals surface area contributed by atoms with Crippen molar-refractivity contribution >= 4 is 33.9 Å². The first kappa shape index (κ1) is 21.6. The van der Waals surface area contributed by atoms with Crippen molar-refractivity contribution < 1.29 is 4.74 Å². The molecule has 7 nitrogen and oxygen atoms in total. The van der Waals surface area contributed by atoms with Crippen molar-refractivity contribution in [3.63, 3.8) is 0 Å². The minimum Gasteiger partial charge on any atom is -0.467 e. The van der Waals surface area contributed by atoms with Crippen LogP contribution >= 0.6 is 11.6 Å². The molecule has 8 heteroatoms. The van der Waals surface area contributed by atoms with Crippen LogP contribution in [0.15, 0.2) is 36.4 Å². The SMILES string of the molecule is COc1nc2c(c(N(C)CC3(C)CN(C#N)C3)n1)CCN(c1cccc3cccc(Cl)c13)C2. The van der Waals surface area contributed by atoms with Crippen LogP contribution in [-0.4, -0.2) is 55.2 Å². The molecule has 0 spiro atoms. The maximum atomic E-state index is 9.11. The van der Waals surface area contributed by atoms with Crippen LogP contribution in [0.2, 0.25) is 5.02 Å². The number of rotatable bonds is 5. The predicted molar refractivity (Wildman–Crippen MR) is 131 cm³/mol. The molecule has 3 heterocycles. The van der Waals surface area contributed by atoms with E-state index in [0.29, 0.717) is 12.6 Å². The van der Waals surface area contributed by atoms with Gasteiger partial charge in [-0.15, -0.1) is 0 Å². The second-order valence-electron chi connectivity index (χ2n) is 9.37. The molecule has 1 fully saturated rings. The van der Waals surface area contributed by atoms with E-state index in [2.05, 4.69) is 54.2 Å². The Balaban J connectivity index is 1.46. The second-order valence-corrected chi connectivity index (χ2v) is 9.78. The molecule has 33 heavy (non-hydrogen) atoms. The van der Waals surface area contributed by atoms with Gasteiger partial charge < -0.3 is 19.4 Å². The molecule has 1 aromatic heterocycles. The Morgan fingerprint density at radius 1 is 1.21 bits per heavy atom. The first-order chi connectivity index (χ1) is 15.9. The van der Waals surface area contributed by atoms with Crippen molar-refractivity contribution in [2.45, 2.75) is 19.9 Å². The van der Waals surface area contributed by atoms with E-state index in [9.17, 15) is 0 Å². The number of nitriles is 1. The molecule has 0 unspecified atom stereocenters. The van der Waals surface area contributed by atoms with Gasteiger partial charge in [0.1, 0.15) is 5.82 Å². The lowest BCUT2D eigenvalue weighted by Gasteiger charge is -2.47. The summed E-state index contributed by atoms with van der Waals surface area (Å²) in [5, 5.41) is 12.1. The third-order valence-corrected chi connectivity index (χ3v) is 6.96. The van der Waals surface area contributed by atoms with Gasteiger partial charge in [0.2, 0.25) is 0 Å². The van der Waals surface area contributed by atoms with Gasteiger partial charge in [0, 0.05) is 55.3 Å². The standard InChI is InChI=1S/C25H27ClN6O/c1-25(14-31(15-25)16-27)13-30(2)23-18-10-11-32(12-20(18)28-24(29-23)33-3)21-9-5-7-17-6-4-8-19(26)22(17)21/h4-9H,10-15H2,1-3H3. The molecule has 3 aromatic rings. The smallest absolute Gasteiger partial charge is 0.318 e. The Labute approximate surface area is 199 Å². The van der Waals surface area contributed by atoms with Crippen LogP contribution in [0.3, 0.4) is 0 Å². The molecule has 0 atom stereocenters. The Morgan fingerprint density at radius 2 is 1.97 bits per heavy atom. The fourth-order valence-corrected chi connectivity index (χ4v) is 5.51. The van der Waals surface area contributed by atoms with Gasteiger partial charge in [-0.1, -0.05) is 42.8 Å². The summed E-state index contributed by atoms with van der Waals surface area (Å²) in [6, 6.07) is 12.7. The lowest BCUT2D eigenvalue weighted by molar-refractivity contribution is 0.0738. The largest absolute Gasteiger partial charge is 0.467 e. The van der Waals surface area contributed by atoms with Gasteiger partial charge >= 0.3 is 6.01 Å². The van der Waals surface area contributed by atoms with E-state index < -0.39 is 0 Å². The fraction of sp³-hybridized carbons (Fsp3) is 0.400. The zero-order chi connectivity index (χ0) is 23.2. The average molecular weight is 463 g/mol. The number of aromatic nitrogens is 2. The molecule has 2 aliphatic rings. The molecule has 1 saturated heterocycles. The lowest BCUT2D eigenvalue weighted by atomic mass is 9.82. The van der Waals surface area contributed by atoms with E-state index in [1.54, 1.807) is 12.0 Å². The van der Waals surface area contributed by atoms with Crippen LogP contribution in [0.5, 0.6) is 6.01 Å². The van der Waals surface area contributed by atoms with Gasteiger partial charge in [-0.2, -0.15) is 15.2 Å². The summed E-state index contributed by atoms with van der Waals surface area (Å²) in [4.78, 5) is 15.8. The maximum absolute atomic E-state index is 9.11. The van der Waals surface area contributed by atoms with Crippen molar-refractivity contribution in [3.8, 4) is 12.2 Å². The minimum atomic E-state index is 0.0654. The molecule has 170 valence electrons. The number of hydrogen-bond donors (Lipinski definition) is 0. The van der Waals surface area contributed by atoms with Gasteiger partial charge in [-0.05, 0) is 23.9 Å². The van der Waals surface area contributed by atoms with Gasteiger partial charge in [-0.25, -0.2) is 0 Å². The number of halogens is 1. The molecule has 0 bridgehead atoms. The molecule has 0 saturated carbocycles. The summed E-state index contributed by atoms with van der Waals surface area (Å²) in [6.45, 7) is 6.10. The van der Waals surface area contributed by atoms with E-state index >= 15 is 0 Å². The zero-order valence-corrected chi connectivity index (χ0v) is 19.9. The first-order valence-electron chi connectivity index (χ1n) is 11.1. The topological polar surface area (TPSA) is 68.5 Å². The number of fused-ring (bicyclic) bond motifs is 2. The third-order valence-electron chi connectivity index (χ3n) is 6.64. The highest BCUT2D eigenvalue weighted by Gasteiger charge is 2.40. The van der Waals surface area contributed by atoms with Crippen LogP contribution in [0, 0.1) is 16.9 Å². The molecule has 5 rings (SSSR count). The highest BCUT2D eigenvalue weighted by atomic mass is 35.5. The van der Waals surface area contributed by atoms with E-state index in [-0.39, 0.29) is 5.41 Å². The lowest BCUT2D eigenvalue weighted by Crippen LogP contribution is -2.57. The summed E-state index contributed by atoms with van der Waals surface area (Å²) < 4.78 is 5.47. The van der Waals surface area contributed by atoms with Gasteiger partial charge in [0.15, 0.2) is 6.19 Å². The summed E-state index contributed by atoms with van der Waals surface area (Å²) in [5.74, 6) is 0.920. The average Bonchev–Trinajstić information content (AvgIpc) is 2.81. The Morgan fingerprint density at radius 3 is 2.70 bits per heavy atom. The predicted octanol–water partition coefficient (Wildman–Crippen LogP) is 4.09. The number of likely N-dealkylation sites (tertiary alicyclic amines) is 1. The van der Waals surface area contributed by atoms with Crippen molar-refractivity contribution in [2.24, 2.45) is 5.41 Å². The second kappa shape index (κ2) is 8.27. The van der Waals surface area contributed by atoms with Crippen LogP contribution in [0.1, 0.15) is 18.2 Å². The minimum absolute atomic E-state index is 0.0654. The molecule has 0 aliphatic carbocycles. The summed E-state index contributed by atoms with van der Waals surface area (Å²) in [6.07, 6.45) is 3.06. The maximum Gasteiger partial charge on any atom is 0.318 e. The van der Waals surface area contributed by atoms with E-state index in [1.165, 1.54) is 5.56 Å². The quantitative estimate of drug-likeness (QED) is 0.529. The Kier molecular flexibility index (Phi) is 5.41. The van der Waals surface area contributed by atoms with E-state index in [0.717, 1.165) is 65.6 Å². The van der Waals surface area contributed by atoms with E-state index in [1.807, 2.05) is 12.1 Å². The van der Waals surface area contributed by atoms with Crippen LogP contribution in [-0.2, 0) is 13.0 Å². The normalized spacial score (nSPS) is 16.7. The van der Waals surface area contributed by atoms with Crippen molar-refractivity contribution in [2.75, 3.05) is 50.1 Å². The molecule has 0 radical (unpaired) electrons. The molecular formula is C25H27ClN6O. The Bertz CT molecular complexity index is 1240. The summed E-state index contributed by atoms with van der Waals surface area (Å²) >= 11 is 6.60. The van der Waals surface area contributed by atoms with E-state index in [4.69, 9.17) is 31.6 Å². The molecule has 0 amide bonds. The highest BCUT2D eigenvalue weighted by Crippen LogP contribution is 2.37.